The van der Waals surface area contributed by atoms with Crippen molar-refractivity contribution in [1.29, 1.82) is 0 Å². The molecule has 2 aromatic rings. The smallest absolute Gasteiger partial charge is 0.229 e. The first kappa shape index (κ1) is 24.9. The van der Waals surface area contributed by atoms with Gasteiger partial charge in [0.2, 0.25) is 5.91 Å². The zero-order valence-corrected chi connectivity index (χ0v) is 19.7. The second kappa shape index (κ2) is 12.5. The maximum Gasteiger partial charge on any atom is 0.229 e. The van der Waals surface area contributed by atoms with E-state index in [0.717, 1.165) is 43.8 Å². The first-order valence-electron chi connectivity index (χ1n) is 11.9. The molecule has 6 nitrogen and oxygen atoms in total. The molecule has 1 amide bonds. The average Bonchev–Trinajstić information content (AvgIpc) is 2.83. The standard InChI is InChI=1S/C27H36N2O4/c1-3-33-24-14-12-22(13-15-24)10-7-11-25(26(31)20-30)27(32)29-17-16-28(18-21(29)2)19-23-8-5-4-6-9-23/h4-6,8-9,12-15,20-21,25-26,31H,3,7,10-11,16-19H2,1-2H3/t21-,25+,26+/m0/s1. The summed E-state index contributed by atoms with van der Waals surface area (Å²) in [6.45, 7) is 7.64. The Bertz CT molecular complexity index is 871. The maximum atomic E-state index is 13.3. The first-order valence-corrected chi connectivity index (χ1v) is 11.9. The van der Waals surface area contributed by atoms with Crippen molar-refractivity contribution in [3.63, 3.8) is 0 Å². The van der Waals surface area contributed by atoms with Crippen molar-refractivity contribution in [1.82, 2.24) is 9.80 Å². The highest BCUT2D eigenvalue weighted by molar-refractivity contribution is 5.83. The van der Waals surface area contributed by atoms with Crippen LogP contribution in [0.5, 0.6) is 5.75 Å². The molecule has 1 fully saturated rings. The number of amides is 1. The van der Waals surface area contributed by atoms with Crippen molar-refractivity contribution < 1.29 is 19.4 Å². The van der Waals surface area contributed by atoms with Crippen LogP contribution in [-0.2, 0) is 22.6 Å². The highest BCUT2D eigenvalue weighted by Gasteiger charge is 2.35. The Morgan fingerprint density at radius 1 is 1.12 bits per heavy atom. The number of benzene rings is 2. The molecular formula is C27H36N2O4. The number of aliphatic hydroxyl groups excluding tert-OH is 1. The fraction of sp³-hybridized carbons (Fsp3) is 0.481. The highest BCUT2D eigenvalue weighted by atomic mass is 16.5. The number of aldehydes is 1. The summed E-state index contributed by atoms with van der Waals surface area (Å²) in [7, 11) is 0. The summed E-state index contributed by atoms with van der Waals surface area (Å²) in [6, 6.07) is 18.3. The molecular weight excluding hydrogens is 416 g/mol. The number of carbonyl (C=O) groups excluding carboxylic acids is 2. The molecule has 0 saturated carbocycles. The van der Waals surface area contributed by atoms with E-state index in [1.165, 1.54) is 5.56 Å². The van der Waals surface area contributed by atoms with Crippen molar-refractivity contribution in [2.75, 3.05) is 26.2 Å². The van der Waals surface area contributed by atoms with Crippen molar-refractivity contribution in [2.45, 2.75) is 51.8 Å². The van der Waals surface area contributed by atoms with Gasteiger partial charge in [0, 0.05) is 32.2 Å². The van der Waals surface area contributed by atoms with Gasteiger partial charge in [0.25, 0.3) is 0 Å². The van der Waals surface area contributed by atoms with Crippen molar-refractivity contribution in [2.24, 2.45) is 5.92 Å². The molecule has 3 atom stereocenters. The molecule has 1 heterocycles. The predicted octanol–water partition coefficient (Wildman–Crippen LogP) is 3.32. The lowest BCUT2D eigenvalue weighted by Crippen LogP contribution is -2.56. The minimum Gasteiger partial charge on any atom is -0.494 e. The van der Waals surface area contributed by atoms with Crippen LogP contribution < -0.4 is 4.74 Å². The van der Waals surface area contributed by atoms with E-state index in [0.29, 0.717) is 25.9 Å². The number of aliphatic hydroxyl groups is 1. The monoisotopic (exact) mass is 452 g/mol. The van der Waals surface area contributed by atoms with Gasteiger partial charge in [-0.25, -0.2) is 0 Å². The number of ether oxygens (including phenoxy) is 1. The van der Waals surface area contributed by atoms with Gasteiger partial charge in [0.05, 0.1) is 12.5 Å². The molecule has 178 valence electrons. The summed E-state index contributed by atoms with van der Waals surface area (Å²) in [5.74, 6) is 0.0209. The Hall–Kier alpha value is -2.70. The van der Waals surface area contributed by atoms with Crippen LogP contribution in [0.15, 0.2) is 54.6 Å². The molecule has 0 radical (unpaired) electrons. The second-order valence-corrected chi connectivity index (χ2v) is 8.80. The van der Waals surface area contributed by atoms with E-state index in [4.69, 9.17) is 4.74 Å². The Morgan fingerprint density at radius 2 is 1.85 bits per heavy atom. The Morgan fingerprint density at radius 3 is 2.48 bits per heavy atom. The Labute approximate surface area is 197 Å². The van der Waals surface area contributed by atoms with Gasteiger partial charge in [-0.15, -0.1) is 0 Å². The minimum atomic E-state index is -1.27. The molecule has 1 N–H and O–H groups in total. The number of carbonyl (C=O) groups is 2. The third-order valence-corrected chi connectivity index (χ3v) is 6.33. The molecule has 0 aliphatic carbocycles. The molecule has 0 unspecified atom stereocenters. The summed E-state index contributed by atoms with van der Waals surface area (Å²) in [5, 5.41) is 10.3. The van der Waals surface area contributed by atoms with Crippen molar-refractivity contribution in [3.05, 3.63) is 65.7 Å². The molecule has 6 heteroatoms. The van der Waals surface area contributed by atoms with Gasteiger partial charge in [-0.05, 0) is 56.4 Å². The lowest BCUT2D eigenvalue weighted by atomic mass is 9.92. The largest absolute Gasteiger partial charge is 0.494 e. The fourth-order valence-corrected chi connectivity index (χ4v) is 4.54. The van der Waals surface area contributed by atoms with Crippen LogP contribution in [0.3, 0.4) is 0 Å². The molecule has 1 aliphatic rings. The van der Waals surface area contributed by atoms with E-state index in [9.17, 15) is 14.7 Å². The van der Waals surface area contributed by atoms with E-state index < -0.39 is 12.0 Å². The number of rotatable bonds is 11. The van der Waals surface area contributed by atoms with Crippen molar-refractivity contribution in [3.8, 4) is 5.75 Å². The summed E-state index contributed by atoms with van der Waals surface area (Å²) < 4.78 is 5.47. The minimum absolute atomic E-state index is 0.0300. The van der Waals surface area contributed by atoms with E-state index in [2.05, 4.69) is 17.0 Å². The van der Waals surface area contributed by atoms with Crippen LogP contribution in [0.4, 0.5) is 0 Å². The second-order valence-electron chi connectivity index (χ2n) is 8.80. The number of hydrogen-bond acceptors (Lipinski definition) is 5. The van der Waals surface area contributed by atoms with Crippen LogP contribution in [0, 0.1) is 5.92 Å². The van der Waals surface area contributed by atoms with E-state index in [1.54, 1.807) is 0 Å². The predicted molar refractivity (Wildman–Crippen MR) is 129 cm³/mol. The van der Waals surface area contributed by atoms with Crippen LogP contribution >= 0.6 is 0 Å². The van der Waals surface area contributed by atoms with Gasteiger partial charge in [0.1, 0.15) is 18.1 Å². The number of aryl methyl sites for hydroxylation is 1. The molecule has 3 rings (SSSR count). The topological polar surface area (TPSA) is 70.1 Å². The maximum absolute atomic E-state index is 13.3. The molecule has 33 heavy (non-hydrogen) atoms. The van der Waals surface area contributed by atoms with Gasteiger partial charge >= 0.3 is 0 Å². The summed E-state index contributed by atoms with van der Waals surface area (Å²) in [6.07, 6.45) is 1.20. The molecule has 2 aromatic carbocycles. The van der Waals surface area contributed by atoms with Crippen LogP contribution in [0.1, 0.15) is 37.8 Å². The average molecular weight is 453 g/mol. The van der Waals surface area contributed by atoms with Gasteiger partial charge in [-0.3, -0.25) is 9.69 Å². The molecule has 1 aliphatic heterocycles. The van der Waals surface area contributed by atoms with Crippen molar-refractivity contribution >= 4 is 12.2 Å². The number of hydrogen-bond donors (Lipinski definition) is 1. The van der Waals surface area contributed by atoms with Crippen LogP contribution in [0.25, 0.3) is 0 Å². The van der Waals surface area contributed by atoms with E-state index in [1.807, 2.05) is 61.2 Å². The SMILES string of the molecule is CCOc1ccc(CCC[C@@H](C(=O)N2CCN(Cc3ccccc3)C[C@@H]2C)[C@H](O)C=O)cc1. The third kappa shape index (κ3) is 7.14. The Balaban J connectivity index is 1.54. The number of piperazine rings is 1. The molecule has 0 aromatic heterocycles. The molecule has 0 spiro atoms. The third-order valence-electron chi connectivity index (χ3n) is 6.33. The van der Waals surface area contributed by atoms with E-state index >= 15 is 0 Å². The van der Waals surface area contributed by atoms with Gasteiger partial charge in [-0.2, -0.15) is 0 Å². The first-order chi connectivity index (χ1) is 16.0. The van der Waals surface area contributed by atoms with E-state index in [-0.39, 0.29) is 11.9 Å². The normalized spacial score (nSPS) is 18.5. The quantitative estimate of drug-likeness (QED) is 0.530. The van der Waals surface area contributed by atoms with Crippen LogP contribution in [0.2, 0.25) is 0 Å². The van der Waals surface area contributed by atoms with Gasteiger partial charge in [0.15, 0.2) is 0 Å². The number of nitrogens with zero attached hydrogens (tertiary/aromatic N) is 2. The summed E-state index contributed by atoms with van der Waals surface area (Å²) in [5.41, 5.74) is 2.40. The zero-order valence-electron chi connectivity index (χ0n) is 19.7. The lowest BCUT2D eigenvalue weighted by Gasteiger charge is -2.41. The van der Waals surface area contributed by atoms with Crippen LogP contribution in [-0.4, -0.2) is 65.5 Å². The molecule has 1 saturated heterocycles. The lowest BCUT2D eigenvalue weighted by molar-refractivity contribution is -0.146. The highest BCUT2D eigenvalue weighted by Crippen LogP contribution is 2.22. The zero-order chi connectivity index (χ0) is 23.6. The fourth-order valence-electron chi connectivity index (χ4n) is 4.54. The van der Waals surface area contributed by atoms with Gasteiger partial charge in [-0.1, -0.05) is 42.5 Å². The summed E-state index contributed by atoms with van der Waals surface area (Å²) >= 11 is 0. The van der Waals surface area contributed by atoms with Gasteiger partial charge < -0.3 is 19.5 Å². The summed E-state index contributed by atoms with van der Waals surface area (Å²) in [4.78, 5) is 28.9. The Kier molecular flexibility index (Phi) is 9.46. The molecule has 0 bridgehead atoms.